The van der Waals surface area contributed by atoms with Gasteiger partial charge >= 0.3 is 0 Å². The van der Waals surface area contributed by atoms with Crippen molar-refractivity contribution in [2.45, 2.75) is 12.5 Å². The highest BCUT2D eigenvalue weighted by Gasteiger charge is 2.29. The number of rotatable bonds is 5. The van der Waals surface area contributed by atoms with E-state index in [-0.39, 0.29) is 6.04 Å². The van der Waals surface area contributed by atoms with Crippen LogP contribution in [0.25, 0.3) is 16.9 Å². The summed E-state index contributed by atoms with van der Waals surface area (Å²) >= 11 is 0. The molecule has 0 aliphatic carbocycles. The van der Waals surface area contributed by atoms with Crippen LogP contribution >= 0.6 is 0 Å². The molecule has 0 saturated carbocycles. The summed E-state index contributed by atoms with van der Waals surface area (Å²) in [6.45, 7) is 0. The zero-order chi connectivity index (χ0) is 22.7. The van der Waals surface area contributed by atoms with Crippen LogP contribution in [0.4, 0.5) is 5.69 Å². The fraction of sp³-hybridized carbons (Fsp3) is 0.0690. The summed E-state index contributed by atoms with van der Waals surface area (Å²) in [7, 11) is 0. The van der Waals surface area contributed by atoms with Crippen LogP contribution in [-0.4, -0.2) is 20.7 Å². The highest BCUT2D eigenvalue weighted by molar-refractivity contribution is 6.03. The molecule has 0 saturated heterocycles. The molecule has 1 aromatic heterocycles. The molecule has 0 N–H and O–H groups in total. The van der Waals surface area contributed by atoms with Crippen molar-refractivity contribution in [2.75, 3.05) is 5.01 Å². The number of hydrogen-bond acceptors (Lipinski definition) is 4. The zero-order valence-electron chi connectivity index (χ0n) is 18.6. The van der Waals surface area contributed by atoms with Crippen molar-refractivity contribution in [1.29, 1.82) is 0 Å². The minimum Gasteiger partial charge on any atom is -0.257 e. The summed E-state index contributed by atoms with van der Waals surface area (Å²) in [6.07, 6.45) is 2.64. The fourth-order valence-corrected chi connectivity index (χ4v) is 4.46. The summed E-state index contributed by atoms with van der Waals surface area (Å²) in [4.78, 5) is 0. The molecule has 6 rings (SSSR count). The number of benzene rings is 4. The lowest BCUT2D eigenvalue weighted by Crippen LogP contribution is -2.18. The molecule has 0 amide bonds. The number of anilines is 1. The molecule has 1 aliphatic heterocycles. The van der Waals surface area contributed by atoms with Crippen molar-refractivity contribution in [3.63, 3.8) is 0 Å². The molecule has 0 radical (unpaired) electrons. The number of nitrogens with zero attached hydrogens (tertiary/aromatic N) is 5. The zero-order valence-corrected chi connectivity index (χ0v) is 18.6. The largest absolute Gasteiger partial charge is 0.257 e. The molecule has 5 aromatic rings. The van der Waals surface area contributed by atoms with Crippen molar-refractivity contribution in [3.8, 4) is 16.9 Å². The van der Waals surface area contributed by atoms with Gasteiger partial charge in [0.05, 0.1) is 35.0 Å². The second-order valence-corrected chi connectivity index (χ2v) is 8.30. The molecule has 4 aromatic carbocycles. The molecule has 5 nitrogen and oxygen atoms in total. The Balaban J connectivity index is 1.32. The Labute approximate surface area is 198 Å². The average molecular weight is 442 g/mol. The summed E-state index contributed by atoms with van der Waals surface area (Å²) in [6, 6.07) is 39.8. The van der Waals surface area contributed by atoms with Gasteiger partial charge in [0.15, 0.2) is 0 Å². The van der Waals surface area contributed by atoms with Crippen LogP contribution in [0.15, 0.2) is 127 Å². The van der Waals surface area contributed by atoms with Crippen LogP contribution in [0, 0.1) is 0 Å². The summed E-state index contributed by atoms with van der Waals surface area (Å²) in [5, 5.41) is 15.7. The van der Waals surface area contributed by atoms with Crippen LogP contribution in [0.5, 0.6) is 0 Å². The van der Waals surface area contributed by atoms with Gasteiger partial charge in [-0.3, -0.25) is 5.01 Å². The van der Waals surface area contributed by atoms with E-state index >= 15 is 0 Å². The third-order valence-electron chi connectivity index (χ3n) is 6.18. The highest BCUT2D eigenvalue weighted by Crippen LogP contribution is 2.36. The van der Waals surface area contributed by atoms with E-state index in [1.807, 2.05) is 28.9 Å². The van der Waals surface area contributed by atoms with E-state index in [2.05, 4.69) is 106 Å². The van der Waals surface area contributed by atoms with E-state index in [0.29, 0.717) is 0 Å². The third kappa shape index (κ3) is 3.77. The molecule has 1 atom stereocenters. The standard InChI is InChI=1S/C29H23N5/c1-4-10-23(11-5-1)28-20-27(31-33(28)25-14-8-3-9-15-25)22-16-18-26(19-17-22)34-29(21-30-32-34)24-12-6-2-7-13-24/h1-19,21,28H,20H2. The molecule has 1 aliphatic rings. The van der Waals surface area contributed by atoms with Crippen molar-refractivity contribution >= 4 is 11.4 Å². The summed E-state index contributed by atoms with van der Waals surface area (Å²) in [5.41, 5.74) is 7.57. The number of para-hydroxylation sites is 1. The molecule has 0 bridgehead atoms. The third-order valence-corrected chi connectivity index (χ3v) is 6.18. The van der Waals surface area contributed by atoms with Crippen molar-refractivity contribution in [2.24, 2.45) is 5.10 Å². The molecule has 0 fully saturated rings. The van der Waals surface area contributed by atoms with Gasteiger partial charge in [0, 0.05) is 12.0 Å². The van der Waals surface area contributed by atoms with E-state index in [0.717, 1.165) is 40.3 Å². The molecule has 2 heterocycles. The van der Waals surface area contributed by atoms with Gasteiger partial charge in [-0.15, -0.1) is 5.10 Å². The Morgan fingerprint density at radius 2 is 1.26 bits per heavy atom. The predicted molar refractivity (Wildman–Crippen MR) is 136 cm³/mol. The minimum absolute atomic E-state index is 0.165. The van der Waals surface area contributed by atoms with Crippen LogP contribution in [0.3, 0.4) is 0 Å². The van der Waals surface area contributed by atoms with E-state index in [1.165, 1.54) is 5.56 Å². The lowest BCUT2D eigenvalue weighted by molar-refractivity contribution is 0.709. The smallest absolute Gasteiger partial charge is 0.0944 e. The first kappa shape index (κ1) is 20.1. The molecule has 0 spiro atoms. The van der Waals surface area contributed by atoms with Crippen LogP contribution in [0.2, 0.25) is 0 Å². The fourth-order valence-electron chi connectivity index (χ4n) is 4.46. The van der Waals surface area contributed by atoms with Gasteiger partial charge in [0.1, 0.15) is 0 Å². The van der Waals surface area contributed by atoms with Crippen molar-refractivity contribution in [1.82, 2.24) is 15.0 Å². The van der Waals surface area contributed by atoms with Crippen LogP contribution < -0.4 is 5.01 Å². The second-order valence-electron chi connectivity index (χ2n) is 8.30. The van der Waals surface area contributed by atoms with Crippen LogP contribution in [0.1, 0.15) is 23.6 Å². The van der Waals surface area contributed by atoms with Gasteiger partial charge < -0.3 is 0 Å². The Bertz CT molecular complexity index is 1410. The highest BCUT2D eigenvalue weighted by atomic mass is 15.5. The van der Waals surface area contributed by atoms with Crippen LogP contribution in [-0.2, 0) is 0 Å². The Morgan fingerprint density at radius 3 is 1.97 bits per heavy atom. The van der Waals surface area contributed by atoms with Gasteiger partial charge in [-0.05, 0) is 35.4 Å². The van der Waals surface area contributed by atoms with E-state index < -0.39 is 0 Å². The number of hydrazone groups is 1. The van der Waals surface area contributed by atoms with Gasteiger partial charge in [0.25, 0.3) is 0 Å². The first-order valence-electron chi connectivity index (χ1n) is 11.4. The maximum absolute atomic E-state index is 5.06. The Hall–Kier alpha value is -4.51. The lowest BCUT2D eigenvalue weighted by atomic mass is 9.98. The van der Waals surface area contributed by atoms with Crippen molar-refractivity contribution < 1.29 is 0 Å². The van der Waals surface area contributed by atoms with E-state index in [4.69, 9.17) is 5.10 Å². The van der Waals surface area contributed by atoms with Crippen molar-refractivity contribution in [3.05, 3.63) is 133 Å². The first-order chi connectivity index (χ1) is 16.9. The first-order valence-corrected chi connectivity index (χ1v) is 11.4. The maximum atomic E-state index is 5.06. The Kier molecular flexibility index (Phi) is 5.20. The Morgan fingerprint density at radius 1 is 0.618 bits per heavy atom. The van der Waals surface area contributed by atoms with E-state index in [1.54, 1.807) is 6.20 Å². The van der Waals surface area contributed by atoms with Gasteiger partial charge in [0.2, 0.25) is 0 Å². The van der Waals surface area contributed by atoms with Gasteiger partial charge in [-0.2, -0.15) is 5.10 Å². The lowest BCUT2D eigenvalue weighted by Gasteiger charge is -2.23. The number of aromatic nitrogens is 3. The monoisotopic (exact) mass is 441 g/mol. The summed E-state index contributed by atoms with van der Waals surface area (Å²) < 4.78 is 1.87. The molecule has 5 heteroatoms. The minimum atomic E-state index is 0.165. The maximum Gasteiger partial charge on any atom is 0.0944 e. The average Bonchev–Trinajstić information content (AvgIpc) is 3.59. The summed E-state index contributed by atoms with van der Waals surface area (Å²) in [5.74, 6) is 0. The van der Waals surface area contributed by atoms with Gasteiger partial charge in [-0.1, -0.05) is 96.2 Å². The normalized spacial score (nSPS) is 15.4. The molecule has 1 unspecified atom stereocenters. The quantitative estimate of drug-likeness (QED) is 0.322. The molecular formula is C29H23N5. The topological polar surface area (TPSA) is 46.3 Å². The number of hydrogen-bond donors (Lipinski definition) is 0. The van der Waals surface area contributed by atoms with E-state index in [9.17, 15) is 0 Å². The molecule has 34 heavy (non-hydrogen) atoms. The second kappa shape index (κ2) is 8.79. The molecular weight excluding hydrogens is 418 g/mol. The SMILES string of the molecule is c1ccc(-c2cnnn2-c2ccc(C3=NN(c4ccccc4)C(c4ccccc4)C3)cc2)cc1. The predicted octanol–water partition coefficient (Wildman–Crippen LogP) is 6.29. The molecule has 164 valence electrons. The van der Waals surface area contributed by atoms with Gasteiger partial charge in [-0.25, -0.2) is 4.68 Å².